The summed E-state index contributed by atoms with van der Waals surface area (Å²) < 4.78 is 9.39. The van der Waals surface area contributed by atoms with Gasteiger partial charge in [0.1, 0.15) is 5.75 Å². The van der Waals surface area contributed by atoms with Crippen molar-refractivity contribution in [2.24, 2.45) is 4.99 Å². The Kier molecular flexibility index (Phi) is 5.94. The Bertz CT molecular complexity index is 1650. The first-order chi connectivity index (χ1) is 17.1. The third-order valence-electron chi connectivity index (χ3n) is 6.57. The summed E-state index contributed by atoms with van der Waals surface area (Å²) >= 11 is 3.79. The molecule has 3 aromatic carbocycles. The van der Waals surface area contributed by atoms with E-state index < -0.39 is 0 Å². The fourth-order valence-corrected chi connectivity index (χ4v) is 6.50. The fraction of sp³-hybridized carbons (Fsp3) is 0.172. The highest BCUT2D eigenvalue weighted by Gasteiger charge is 2.32. The van der Waals surface area contributed by atoms with Crippen LogP contribution in [0.1, 0.15) is 41.6 Å². The monoisotopic (exact) mass is 590 g/mol. The van der Waals surface area contributed by atoms with Crippen molar-refractivity contribution in [1.29, 1.82) is 0 Å². The van der Waals surface area contributed by atoms with Crippen LogP contribution in [0, 0.1) is 3.57 Å². The summed E-state index contributed by atoms with van der Waals surface area (Å²) in [4.78, 5) is 19.7. The molecule has 1 aromatic heterocycles. The molecule has 1 aliphatic carbocycles. The number of allylic oxidation sites excluding steroid dienone is 1. The molecule has 6 rings (SSSR count). The predicted octanol–water partition coefficient (Wildman–Crippen LogP) is 5.32. The Morgan fingerprint density at radius 2 is 1.83 bits per heavy atom. The van der Waals surface area contributed by atoms with Gasteiger partial charge in [-0.15, -0.1) is 0 Å². The number of hydrogen-bond acceptors (Lipinski definition) is 4. The molecule has 0 spiro atoms. The summed E-state index contributed by atoms with van der Waals surface area (Å²) in [5.74, 6) is 0.838. The molecule has 4 nitrogen and oxygen atoms in total. The highest BCUT2D eigenvalue weighted by Crippen LogP contribution is 2.41. The number of rotatable bonds is 4. The lowest BCUT2D eigenvalue weighted by Crippen LogP contribution is -2.38. The van der Waals surface area contributed by atoms with Crippen LogP contribution >= 0.6 is 33.9 Å². The summed E-state index contributed by atoms with van der Waals surface area (Å²) in [7, 11) is 0. The van der Waals surface area contributed by atoms with Crippen LogP contribution in [0.4, 0.5) is 0 Å². The summed E-state index contributed by atoms with van der Waals surface area (Å²) in [6.45, 7) is 2.61. The molecule has 2 aliphatic rings. The molecule has 1 aliphatic heterocycles. The zero-order valence-corrected chi connectivity index (χ0v) is 22.2. The van der Waals surface area contributed by atoms with Gasteiger partial charge in [-0.3, -0.25) is 9.36 Å². The summed E-state index contributed by atoms with van der Waals surface area (Å²) in [6.07, 6.45) is 3.83. The zero-order chi connectivity index (χ0) is 23.9. The molecule has 0 amide bonds. The second kappa shape index (κ2) is 9.24. The molecule has 35 heavy (non-hydrogen) atoms. The number of aromatic nitrogens is 1. The maximum Gasteiger partial charge on any atom is 0.271 e. The highest BCUT2D eigenvalue weighted by molar-refractivity contribution is 14.1. The topological polar surface area (TPSA) is 43.6 Å². The van der Waals surface area contributed by atoms with Crippen LogP contribution in [-0.4, -0.2) is 11.2 Å². The molecule has 4 aromatic rings. The van der Waals surface area contributed by atoms with Crippen molar-refractivity contribution < 1.29 is 4.74 Å². The standard InChI is InChI=1S/C29H23IN2O2S/c1-2-34-21-14-11-19(12-15-21)27-23-16-13-18-7-3-5-9-22(18)26(23)31-29-32(27)28(33)25(35-29)17-20-8-4-6-10-24(20)30/h3-12,14-15,17,27H,2,13,16H2,1H3. The molecule has 0 fully saturated rings. The van der Waals surface area contributed by atoms with E-state index >= 15 is 0 Å². The van der Waals surface area contributed by atoms with E-state index in [-0.39, 0.29) is 11.6 Å². The lowest BCUT2D eigenvalue weighted by Gasteiger charge is -2.30. The number of fused-ring (bicyclic) bond motifs is 3. The second-order valence-corrected chi connectivity index (χ2v) is 10.8. The van der Waals surface area contributed by atoms with Crippen LogP contribution in [0.2, 0.25) is 0 Å². The maximum atomic E-state index is 13.8. The van der Waals surface area contributed by atoms with Gasteiger partial charge in [-0.05, 0) is 88.9 Å². The minimum atomic E-state index is -0.178. The number of nitrogens with zero attached hydrogens (tertiary/aromatic N) is 2. The average Bonchev–Trinajstić information content (AvgIpc) is 3.19. The van der Waals surface area contributed by atoms with Crippen LogP contribution in [0.25, 0.3) is 11.8 Å². The van der Waals surface area contributed by atoms with Crippen LogP contribution in [-0.2, 0) is 6.42 Å². The van der Waals surface area contributed by atoms with E-state index in [0.29, 0.717) is 11.1 Å². The molecule has 0 radical (unpaired) electrons. The number of ether oxygens (including phenoxy) is 1. The minimum absolute atomic E-state index is 0.0118. The summed E-state index contributed by atoms with van der Waals surface area (Å²) in [5.41, 5.74) is 6.87. The van der Waals surface area contributed by atoms with Crippen molar-refractivity contribution in [2.45, 2.75) is 25.8 Å². The average molecular weight is 590 g/mol. The lowest BCUT2D eigenvalue weighted by atomic mass is 9.83. The molecule has 6 heteroatoms. The Hall–Kier alpha value is -2.97. The van der Waals surface area contributed by atoms with Crippen LogP contribution in [0.3, 0.4) is 0 Å². The van der Waals surface area contributed by atoms with E-state index in [9.17, 15) is 4.79 Å². The number of benzene rings is 3. The van der Waals surface area contributed by atoms with Crippen molar-refractivity contribution in [3.63, 3.8) is 0 Å². The van der Waals surface area contributed by atoms with E-state index in [1.54, 1.807) is 0 Å². The Morgan fingerprint density at radius 1 is 1.06 bits per heavy atom. The van der Waals surface area contributed by atoms with Gasteiger partial charge in [-0.2, -0.15) is 0 Å². The summed E-state index contributed by atoms with van der Waals surface area (Å²) in [6, 6.07) is 24.6. The molecule has 1 unspecified atom stereocenters. The minimum Gasteiger partial charge on any atom is -0.494 e. The molecule has 0 bridgehead atoms. The normalized spacial score (nSPS) is 16.9. The van der Waals surface area contributed by atoms with Crippen molar-refractivity contribution in [2.75, 3.05) is 6.61 Å². The third-order valence-corrected chi connectivity index (χ3v) is 8.54. The van der Waals surface area contributed by atoms with E-state index in [1.807, 2.05) is 47.9 Å². The van der Waals surface area contributed by atoms with Crippen LogP contribution < -0.4 is 19.6 Å². The number of hydrogen-bond donors (Lipinski definition) is 0. The van der Waals surface area contributed by atoms with Crippen LogP contribution in [0.5, 0.6) is 5.75 Å². The Morgan fingerprint density at radius 3 is 2.63 bits per heavy atom. The molecule has 2 heterocycles. The highest BCUT2D eigenvalue weighted by atomic mass is 127. The van der Waals surface area contributed by atoms with Gasteiger partial charge < -0.3 is 4.74 Å². The van der Waals surface area contributed by atoms with Gasteiger partial charge in [0.05, 0.1) is 22.9 Å². The van der Waals surface area contributed by atoms with E-state index in [0.717, 1.165) is 43.8 Å². The zero-order valence-electron chi connectivity index (χ0n) is 19.2. The largest absolute Gasteiger partial charge is 0.494 e. The number of thiazole rings is 1. The van der Waals surface area contributed by atoms with Crippen LogP contribution in [0.15, 0.2) is 88.2 Å². The SMILES string of the molecule is CCOc1ccc(C2C3=C(N=c4sc(=Cc5ccccc5I)c(=O)n42)c2ccccc2CC3)cc1. The van der Waals surface area contributed by atoms with Gasteiger partial charge in [0.25, 0.3) is 5.56 Å². The number of halogens is 1. The van der Waals surface area contributed by atoms with Gasteiger partial charge in [-0.25, -0.2) is 4.99 Å². The van der Waals surface area contributed by atoms with Gasteiger partial charge in [-0.1, -0.05) is 65.9 Å². The Balaban J connectivity index is 1.60. The molecule has 0 N–H and O–H groups in total. The fourth-order valence-electron chi connectivity index (χ4n) is 4.97. The van der Waals surface area contributed by atoms with Gasteiger partial charge in [0.2, 0.25) is 0 Å². The predicted molar refractivity (Wildman–Crippen MR) is 150 cm³/mol. The first kappa shape index (κ1) is 22.5. The molecular weight excluding hydrogens is 567 g/mol. The second-order valence-electron chi connectivity index (χ2n) is 8.64. The molecule has 174 valence electrons. The van der Waals surface area contributed by atoms with Gasteiger partial charge >= 0.3 is 0 Å². The van der Waals surface area contributed by atoms with Crippen molar-refractivity contribution in [1.82, 2.24) is 4.57 Å². The van der Waals surface area contributed by atoms with Crippen molar-refractivity contribution in [3.05, 3.63) is 124 Å². The molecule has 0 saturated heterocycles. The van der Waals surface area contributed by atoms with Crippen molar-refractivity contribution in [3.8, 4) is 5.75 Å². The summed E-state index contributed by atoms with van der Waals surface area (Å²) in [5, 5.41) is 0. The van der Waals surface area contributed by atoms with E-state index in [1.165, 1.54) is 28.0 Å². The maximum absolute atomic E-state index is 13.8. The smallest absolute Gasteiger partial charge is 0.271 e. The quantitative estimate of drug-likeness (QED) is 0.302. The van der Waals surface area contributed by atoms with E-state index in [2.05, 4.69) is 65.1 Å². The first-order valence-corrected chi connectivity index (χ1v) is 13.6. The number of aryl methyl sites for hydroxylation is 1. The third kappa shape index (κ3) is 3.98. The Labute approximate surface area is 221 Å². The van der Waals surface area contributed by atoms with Crippen molar-refractivity contribution >= 4 is 45.7 Å². The van der Waals surface area contributed by atoms with E-state index in [4.69, 9.17) is 9.73 Å². The molecular formula is C29H23IN2O2S. The molecule has 0 saturated carbocycles. The van der Waals surface area contributed by atoms with Gasteiger partial charge in [0, 0.05) is 9.13 Å². The first-order valence-electron chi connectivity index (χ1n) is 11.7. The molecule has 1 atom stereocenters. The lowest BCUT2D eigenvalue weighted by molar-refractivity contribution is 0.340. The van der Waals surface area contributed by atoms with Gasteiger partial charge in [0.15, 0.2) is 4.80 Å².